The van der Waals surface area contributed by atoms with E-state index in [9.17, 15) is 0 Å². The average molecular weight is 238 g/mol. The van der Waals surface area contributed by atoms with Crippen LogP contribution in [0.25, 0.3) is 0 Å². The number of hydrogen-bond acceptors (Lipinski definition) is 3. The molecule has 2 heterocycles. The van der Waals surface area contributed by atoms with Gasteiger partial charge >= 0.3 is 0 Å². The molecule has 1 unspecified atom stereocenters. The summed E-state index contributed by atoms with van der Waals surface area (Å²) < 4.78 is 0. The summed E-state index contributed by atoms with van der Waals surface area (Å²) in [6.45, 7) is 12.4. The van der Waals surface area contributed by atoms with E-state index in [0.29, 0.717) is 6.04 Å². The summed E-state index contributed by atoms with van der Waals surface area (Å²) in [4.78, 5) is 4.11. The second-order valence-electron chi connectivity index (χ2n) is 5.55. The fourth-order valence-corrected chi connectivity index (χ4v) is 3.17. The predicted octanol–water partition coefficient (Wildman–Crippen LogP) is 2.63. The summed E-state index contributed by atoms with van der Waals surface area (Å²) in [5.74, 6) is 0. The molecule has 90 valence electrons. The normalized spacial score (nSPS) is 25.9. The maximum atomic E-state index is 3.59. The zero-order valence-corrected chi connectivity index (χ0v) is 11.5. The third kappa shape index (κ3) is 2.65. The number of thiophene rings is 1. The van der Waals surface area contributed by atoms with Crippen molar-refractivity contribution in [2.75, 3.05) is 13.1 Å². The smallest absolute Gasteiger partial charge is 0.0334 e. The van der Waals surface area contributed by atoms with Crippen molar-refractivity contribution >= 4 is 11.3 Å². The van der Waals surface area contributed by atoms with Gasteiger partial charge in [-0.05, 0) is 44.7 Å². The van der Waals surface area contributed by atoms with E-state index >= 15 is 0 Å². The van der Waals surface area contributed by atoms with Crippen LogP contribution in [-0.2, 0) is 6.54 Å². The lowest BCUT2D eigenvalue weighted by Gasteiger charge is -2.43. The van der Waals surface area contributed by atoms with Crippen molar-refractivity contribution in [1.29, 1.82) is 0 Å². The van der Waals surface area contributed by atoms with Crippen molar-refractivity contribution < 1.29 is 0 Å². The molecule has 2 nitrogen and oxygen atoms in total. The predicted molar refractivity (Wildman–Crippen MR) is 71.0 cm³/mol. The van der Waals surface area contributed by atoms with Crippen LogP contribution in [0.15, 0.2) is 11.4 Å². The van der Waals surface area contributed by atoms with Crippen LogP contribution in [0.4, 0.5) is 0 Å². The molecule has 1 saturated heterocycles. The van der Waals surface area contributed by atoms with E-state index in [1.54, 1.807) is 0 Å². The van der Waals surface area contributed by atoms with Crippen molar-refractivity contribution in [3.63, 3.8) is 0 Å². The summed E-state index contributed by atoms with van der Waals surface area (Å²) in [5, 5.41) is 5.79. The molecule has 0 spiro atoms. The molecule has 2 rings (SSSR count). The SMILES string of the molecule is Cc1ccsc1CN1CC(C)(C)NCC1C. The van der Waals surface area contributed by atoms with Gasteiger partial charge in [-0.3, -0.25) is 4.90 Å². The van der Waals surface area contributed by atoms with Gasteiger partial charge < -0.3 is 5.32 Å². The van der Waals surface area contributed by atoms with E-state index in [1.807, 2.05) is 11.3 Å². The number of aryl methyl sites for hydroxylation is 1. The van der Waals surface area contributed by atoms with Crippen LogP contribution in [-0.4, -0.2) is 29.6 Å². The summed E-state index contributed by atoms with van der Waals surface area (Å²) in [6, 6.07) is 2.85. The third-order valence-corrected chi connectivity index (χ3v) is 4.42. The van der Waals surface area contributed by atoms with Crippen molar-refractivity contribution in [1.82, 2.24) is 10.2 Å². The maximum absolute atomic E-state index is 3.59. The molecule has 0 saturated carbocycles. The van der Waals surface area contributed by atoms with Gasteiger partial charge in [-0.15, -0.1) is 11.3 Å². The Bertz CT molecular complexity index is 357. The highest BCUT2D eigenvalue weighted by Gasteiger charge is 2.30. The minimum Gasteiger partial charge on any atom is -0.309 e. The first kappa shape index (κ1) is 12.1. The molecule has 1 aliphatic heterocycles. The molecule has 1 aromatic heterocycles. The Morgan fingerprint density at radius 1 is 1.56 bits per heavy atom. The van der Waals surface area contributed by atoms with Crippen LogP contribution < -0.4 is 5.32 Å². The van der Waals surface area contributed by atoms with Gasteiger partial charge in [0.15, 0.2) is 0 Å². The van der Waals surface area contributed by atoms with Crippen LogP contribution in [0.5, 0.6) is 0 Å². The van der Waals surface area contributed by atoms with Crippen LogP contribution in [0, 0.1) is 6.92 Å². The summed E-state index contributed by atoms with van der Waals surface area (Å²) in [7, 11) is 0. The van der Waals surface area contributed by atoms with Gasteiger partial charge in [0.2, 0.25) is 0 Å². The zero-order chi connectivity index (χ0) is 11.8. The van der Waals surface area contributed by atoms with Gasteiger partial charge in [0.25, 0.3) is 0 Å². The van der Waals surface area contributed by atoms with Crippen LogP contribution in [0.1, 0.15) is 31.2 Å². The molecule has 1 aromatic rings. The van der Waals surface area contributed by atoms with Gasteiger partial charge in [-0.1, -0.05) is 0 Å². The topological polar surface area (TPSA) is 15.3 Å². The first-order chi connectivity index (χ1) is 7.48. The quantitative estimate of drug-likeness (QED) is 0.852. The maximum Gasteiger partial charge on any atom is 0.0334 e. The monoisotopic (exact) mass is 238 g/mol. The number of nitrogens with one attached hydrogen (secondary N) is 1. The number of rotatable bonds is 2. The van der Waals surface area contributed by atoms with Crippen molar-refractivity contribution in [2.24, 2.45) is 0 Å². The summed E-state index contributed by atoms with van der Waals surface area (Å²) in [5.41, 5.74) is 1.69. The molecular formula is C13H22N2S. The Morgan fingerprint density at radius 2 is 2.31 bits per heavy atom. The molecule has 0 amide bonds. The van der Waals surface area contributed by atoms with Gasteiger partial charge in [0.1, 0.15) is 0 Å². The second-order valence-corrected chi connectivity index (χ2v) is 6.55. The lowest BCUT2D eigenvalue weighted by atomic mass is 9.99. The molecular weight excluding hydrogens is 216 g/mol. The largest absolute Gasteiger partial charge is 0.309 e. The Hall–Kier alpha value is -0.380. The molecule has 3 heteroatoms. The number of nitrogens with zero attached hydrogens (tertiary/aromatic N) is 1. The minimum atomic E-state index is 0.248. The number of piperazine rings is 1. The van der Waals surface area contributed by atoms with Crippen LogP contribution >= 0.6 is 11.3 Å². The van der Waals surface area contributed by atoms with Gasteiger partial charge in [0.05, 0.1) is 0 Å². The Balaban J connectivity index is 2.06. The molecule has 0 radical (unpaired) electrons. The van der Waals surface area contributed by atoms with Crippen LogP contribution in [0.3, 0.4) is 0 Å². The van der Waals surface area contributed by atoms with E-state index in [2.05, 4.69) is 49.4 Å². The van der Waals surface area contributed by atoms with E-state index in [1.165, 1.54) is 10.4 Å². The Morgan fingerprint density at radius 3 is 2.94 bits per heavy atom. The molecule has 1 atom stereocenters. The van der Waals surface area contributed by atoms with Gasteiger partial charge in [-0.25, -0.2) is 0 Å². The van der Waals surface area contributed by atoms with Crippen molar-refractivity contribution in [3.8, 4) is 0 Å². The van der Waals surface area contributed by atoms with Crippen molar-refractivity contribution in [2.45, 2.75) is 45.8 Å². The highest BCUT2D eigenvalue weighted by molar-refractivity contribution is 7.10. The summed E-state index contributed by atoms with van der Waals surface area (Å²) >= 11 is 1.88. The lowest BCUT2D eigenvalue weighted by molar-refractivity contribution is 0.0986. The van der Waals surface area contributed by atoms with Gasteiger partial charge in [-0.2, -0.15) is 0 Å². The van der Waals surface area contributed by atoms with Crippen LogP contribution in [0.2, 0.25) is 0 Å². The molecule has 1 aliphatic rings. The highest BCUT2D eigenvalue weighted by Crippen LogP contribution is 2.22. The van der Waals surface area contributed by atoms with E-state index in [4.69, 9.17) is 0 Å². The first-order valence-corrected chi connectivity index (χ1v) is 6.88. The van der Waals surface area contributed by atoms with E-state index in [-0.39, 0.29) is 5.54 Å². The lowest BCUT2D eigenvalue weighted by Crippen LogP contribution is -2.60. The average Bonchev–Trinajstić information content (AvgIpc) is 2.58. The molecule has 0 aliphatic carbocycles. The van der Waals surface area contributed by atoms with E-state index in [0.717, 1.165) is 19.6 Å². The number of hydrogen-bond donors (Lipinski definition) is 1. The third-order valence-electron chi connectivity index (χ3n) is 3.41. The molecule has 16 heavy (non-hydrogen) atoms. The second kappa shape index (κ2) is 4.47. The molecule has 0 bridgehead atoms. The molecule has 0 aromatic carbocycles. The first-order valence-electron chi connectivity index (χ1n) is 6.00. The fraction of sp³-hybridized carbons (Fsp3) is 0.692. The Labute approximate surface area is 103 Å². The summed E-state index contributed by atoms with van der Waals surface area (Å²) in [6.07, 6.45) is 0. The molecule has 1 N–H and O–H groups in total. The highest BCUT2D eigenvalue weighted by atomic mass is 32.1. The Kier molecular flexibility index (Phi) is 3.38. The minimum absolute atomic E-state index is 0.248. The zero-order valence-electron chi connectivity index (χ0n) is 10.7. The standard InChI is InChI=1S/C13H22N2S/c1-10-5-6-16-12(10)8-15-9-13(3,4)14-7-11(15)2/h5-6,11,14H,7-9H2,1-4H3. The molecule has 1 fully saturated rings. The van der Waals surface area contributed by atoms with Crippen molar-refractivity contribution in [3.05, 3.63) is 21.9 Å². The van der Waals surface area contributed by atoms with E-state index < -0.39 is 0 Å². The fourth-order valence-electron chi connectivity index (χ4n) is 2.23. The van der Waals surface area contributed by atoms with Gasteiger partial charge in [0, 0.05) is 36.1 Å².